The van der Waals surface area contributed by atoms with Crippen molar-refractivity contribution in [3.8, 4) is 0 Å². The number of carboxylic acid groups (broad SMARTS) is 1. The zero-order chi connectivity index (χ0) is 9.97. The lowest BCUT2D eigenvalue weighted by Crippen LogP contribution is -2.44. The molecule has 2 heterocycles. The van der Waals surface area contributed by atoms with Gasteiger partial charge in [0.1, 0.15) is 0 Å². The van der Waals surface area contributed by atoms with Crippen LogP contribution in [-0.4, -0.2) is 42.7 Å². The van der Waals surface area contributed by atoms with E-state index in [4.69, 9.17) is 14.6 Å². The Balaban J connectivity index is 1.85. The molecule has 2 rings (SSSR count). The Morgan fingerprint density at radius 2 is 2.29 bits per heavy atom. The van der Waals surface area contributed by atoms with Crippen LogP contribution in [0.25, 0.3) is 0 Å². The molecule has 0 aromatic carbocycles. The van der Waals surface area contributed by atoms with Crippen molar-refractivity contribution >= 4 is 5.97 Å². The van der Waals surface area contributed by atoms with Crippen molar-refractivity contribution in [2.75, 3.05) is 13.2 Å². The lowest BCUT2D eigenvalue weighted by molar-refractivity contribution is -0.152. The van der Waals surface area contributed by atoms with E-state index in [9.17, 15) is 4.79 Å². The summed E-state index contributed by atoms with van der Waals surface area (Å²) in [5, 5.41) is 12.0. The predicted molar refractivity (Wildman–Crippen MR) is 47.9 cm³/mol. The molecule has 2 N–H and O–H groups in total. The van der Waals surface area contributed by atoms with Crippen molar-refractivity contribution in [3.63, 3.8) is 0 Å². The van der Waals surface area contributed by atoms with Crippen LogP contribution in [0.2, 0.25) is 0 Å². The third kappa shape index (κ3) is 2.05. The minimum atomic E-state index is -0.941. The summed E-state index contributed by atoms with van der Waals surface area (Å²) in [5.41, 5.74) is 0. The second-order valence-corrected chi connectivity index (χ2v) is 3.72. The largest absolute Gasteiger partial charge is 0.479 e. The second-order valence-electron chi connectivity index (χ2n) is 3.72. The third-order valence-electron chi connectivity index (χ3n) is 2.66. The fourth-order valence-corrected chi connectivity index (χ4v) is 1.87. The minimum Gasteiger partial charge on any atom is -0.479 e. The zero-order valence-electron chi connectivity index (χ0n) is 7.94. The number of hydrogen-bond acceptors (Lipinski definition) is 4. The van der Waals surface area contributed by atoms with E-state index >= 15 is 0 Å². The Kier molecular flexibility index (Phi) is 3.00. The molecule has 0 aromatic heterocycles. The van der Waals surface area contributed by atoms with E-state index in [0.717, 1.165) is 19.4 Å². The van der Waals surface area contributed by atoms with Gasteiger partial charge in [0.05, 0.1) is 12.6 Å². The van der Waals surface area contributed by atoms with Crippen molar-refractivity contribution in [1.82, 2.24) is 5.32 Å². The third-order valence-corrected chi connectivity index (χ3v) is 2.66. The molecule has 3 unspecified atom stereocenters. The first-order valence-electron chi connectivity index (χ1n) is 5.00. The quantitative estimate of drug-likeness (QED) is 0.656. The van der Waals surface area contributed by atoms with Crippen molar-refractivity contribution in [1.29, 1.82) is 0 Å². The van der Waals surface area contributed by atoms with E-state index in [1.54, 1.807) is 0 Å². The molecule has 2 fully saturated rings. The summed E-state index contributed by atoms with van der Waals surface area (Å²) in [6.45, 7) is 1.13. The molecule has 2 aliphatic heterocycles. The predicted octanol–water partition coefficient (Wildman–Crippen LogP) is -0.0454. The van der Waals surface area contributed by atoms with Crippen LogP contribution in [0.3, 0.4) is 0 Å². The van der Waals surface area contributed by atoms with Gasteiger partial charge in [-0.1, -0.05) is 6.42 Å². The number of rotatable bonds is 2. The van der Waals surface area contributed by atoms with Gasteiger partial charge in [0.25, 0.3) is 0 Å². The van der Waals surface area contributed by atoms with Crippen LogP contribution in [0.4, 0.5) is 0 Å². The number of piperidine rings is 1. The molecule has 0 aliphatic carbocycles. The van der Waals surface area contributed by atoms with Crippen molar-refractivity contribution in [2.24, 2.45) is 0 Å². The molecule has 0 amide bonds. The van der Waals surface area contributed by atoms with E-state index < -0.39 is 12.1 Å². The number of carboxylic acids is 1. The lowest BCUT2D eigenvalue weighted by atomic mass is 10.0. The Morgan fingerprint density at radius 1 is 1.43 bits per heavy atom. The van der Waals surface area contributed by atoms with Crippen molar-refractivity contribution < 1.29 is 19.4 Å². The van der Waals surface area contributed by atoms with E-state index in [1.807, 2.05) is 0 Å². The number of carbonyl (C=O) groups is 1. The second kappa shape index (κ2) is 4.25. The monoisotopic (exact) mass is 201 g/mol. The van der Waals surface area contributed by atoms with Crippen LogP contribution in [0.5, 0.6) is 0 Å². The topological polar surface area (TPSA) is 67.8 Å². The fraction of sp³-hybridized carbons (Fsp3) is 0.889. The molecular formula is C9H15NO4. The van der Waals surface area contributed by atoms with Crippen LogP contribution in [0.1, 0.15) is 19.3 Å². The van der Waals surface area contributed by atoms with Gasteiger partial charge in [0.15, 0.2) is 12.4 Å². The summed E-state index contributed by atoms with van der Waals surface area (Å²) in [6, 6.07) is 0.160. The summed E-state index contributed by atoms with van der Waals surface area (Å²) in [4.78, 5) is 10.6. The molecule has 2 saturated heterocycles. The van der Waals surface area contributed by atoms with Gasteiger partial charge in [-0.05, 0) is 19.4 Å². The van der Waals surface area contributed by atoms with E-state index in [-0.39, 0.29) is 18.9 Å². The summed E-state index contributed by atoms with van der Waals surface area (Å²) >= 11 is 0. The number of ether oxygens (including phenoxy) is 2. The molecule has 5 heteroatoms. The first-order valence-corrected chi connectivity index (χ1v) is 5.00. The van der Waals surface area contributed by atoms with E-state index in [1.165, 1.54) is 6.42 Å². The number of aliphatic carboxylic acids is 1. The summed E-state index contributed by atoms with van der Waals surface area (Å²) in [6.07, 6.45) is 2.15. The molecule has 0 spiro atoms. The van der Waals surface area contributed by atoms with Gasteiger partial charge >= 0.3 is 5.97 Å². The Hall–Kier alpha value is -0.650. The number of hydrogen-bond donors (Lipinski definition) is 2. The molecule has 0 radical (unpaired) electrons. The van der Waals surface area contributed by atoms with Crippen LogP contribution in [0.15, 0.2) is 0 Å². The highest BCUT2D eigenvalue weighted by Crippen LogP contribution is 2.20. The SMILES string of the molecule is O=C(O)C1COC(C2CCCCN2)O1. The maximum absolute atomic E-state index is 10.6. The highest BCUT2D eigenvalue weighted by Gasteiger charge is 2.36. The standard InChI is InChI=1S/C9H15NO4/c11-8(12)7-5-13-9(14-7)6-3-1-2-4-10-6/h6-7,9-10H,1-5H2,(H,11,12). The van der Waals surface area contributed by atoms with E-state index in [0.29, 0.717) is 0 Å². The normalized spacial score (nSPS) is 38.4. The van der Waals surface area contributed by atoms with Gasteiger partial charge in [-0.25, -0.2) is 4.79 Å². The summed E-state index contributed by atoms with van der Waals surface area (Å²) in [7, 11) is 0. The van der Waals surface area contributed by atoms with Gasteiger partial charge in [0.2, 0.25) is 0 Å². The van der Waals surface area contributed by atoms with Crippen LogP contribution in [-0.2, 0) is 14.3 Å². The van der Waals surface area contributed by atoms with E-state index in [2.05, 4.69) is 5.32 Å². The van der Waals surface area contributed by atoms with Gasteiger partial charge in [0, 0.05) is 0 Å². The summed E-state index contributed by atoms with van der Waals surface area (Å²) < 4.78 is 10.6. The average molecular weight is 201 g/mol. The maximum Gasteiger partial charge on any atom is 0.335 e. The molecular weight excluding hydrogens is 186 g/mol. The van der Waals surface area contributed by atoms with Gasteiger partial charge < -0.3 is 19.9 Å². The van der Waals surface area contributed by atoms with Crippen molar-refractivity contribution in [2.45, 2.75) is 37.7 Å². The van der Waals surface area contributed by atoms with Crippen molar-refractivity contribution in [3.05, 3.63) is 0 Å². The van der Waals surface area contributed by atoms with Crippen LogP contribution >= 0.6 is 0 Å². The molecule has 3 atom stereocenters. The maximum atomic E-state index is 10.6. The lowest BCUT2D eigenvalue weighted by Gasteiger charge is -2.27. The van der Waals surface area contributed by atoms with Gasteiger partial charge in [-0.2, -0.15) is 0 Å². The highest BCUT2D eigenvalue weighted by molar-refractivity contribution is 5.72. The average Bonchev–Trinajstić information content (AvgIpc) is 2.68. The first-order chi connectivity index (χ1) is 6.77. The minimum absolute atomic E-state index is 0.160. The Labute approximate surface area is 82.4 Å². The smallest absolute Gasteiger partial charge is 0.335 e. The molecule has 14 heavy (non-hydrogen) atoms. The highest BCUT2D eigenvalue weighted by atomic mass is 16.7. The van der Waals surface area contributed by atoms with Crippen LogP contribution < -0.4 is 5.32 Å². The number of nitrogens with one attached hydrogen (secondary N) is 1. The van der Waals surface area contributed by atoms with Crippen LogP contribution in [0, 0.1) is 0 Å². The molecule has 0 bridgehead atoms. The Morgan fingerprint density at radius 3 is 2.86 bits per heavy atom. The summed E-state index contributed by atoms with van der Waals surface area (Å²) in [5.74, 6) is -0.941. The molecule has 0 saturated carbocycles. The molecule has 5 nitrogen and oxygen atoms in total. The fourth-order valence-electron chi connectivity index (χ4n) is 1.87. The first kappa shape index (κ1) is 9.89. The molecule has 2 aliphatic rings. The van der Waals surface area contributed by atoms with Gasteiger partial charge in [-0.15, -0.1) is 0 Å². The molecule has 0 aromatic rings. The van der Waals surface area contributed by atoms with Gasteiger partial charge in [-0.3, -0.25) is 0 Å². The molecule has 80 valence electrons. The zero-order valence-corrected chi connectivity index (χ0v) is 7.94. The Bertz CT molecular complexity index is 215.